The minimum absolute atomic E-state index is 0.297. The highest BCUT2D eigenvalue weighted by Crippen LogP contribution is 2.23. The molecule has 0 aliphatic carbocycles. The average Bonchev–Trinajstić information content (AvgIpc) is 3.37. The van der Waals surface area contributed by atoms with E-state index in [1.165, 1.54) is 23.0 Å². The van der Waals surface area contributed by atoms with Gasteiger partial charge in [0, 0.05) is 13.1 Å². The van der Waals surface area contributed by atoms with Crippen LogP contribution in [0.15, 0.2) is 36.8 Å². The molecule has 158 valence electrons. The van der Waals surface area contributed by atoms with Crippen molar-refractivity contribution in [1.29, 1.82) is 0 Å². The van der Waals surface area contributed by atoms with E-state index in [2.05, 4.69) is 31.4 Å². The molecule has 1 aliphatic rings. The van der Waals surface area contributed by atoms with Gasteiger partial charge in [0.25, 0.3) is 6.43 Å². The van der Waals surface area contributed by atoms with Crippen molar-refractivity contribution in [2.24, 2.45) is 5.41 Å². The molecule has 0 saturated carbocycles. The van der Waals surface area contributed by atoms with Crippen molar-refractivity contribution in [2.45, 2.75) is 27.2 Å². The van der Waals surface area contributed by atoms with Crippen molar-refractivity contribution in [1.82, 2.24) is 29.9 Å². The molecule has 0 spiro atoms. The van der Waals surface area contributed by atoms with Crippen molar-refractivity contribution in [3.8, 4) is 11.4 Å². The second-order valence-corrected chi connectivity index (χ2v) is 7.68. The number of hydrogen-bond donors (Lipinski definition) is 2. The number of carboxylic acids is 1. The minimum Gasteiger partial charge on any atom is -0.481 e. The Morgan fingerprint density at radius 2 is 1.90 bits per heavy atom. The Morgan fingerprint density at radius 1 is 1.20 bits per heavy atom. The molecule has 0 unspecified atom stereocenters. The van der Waals surface area contributed by atoms with Crippen molar-refractivity contribution >= 4 is 17.2 Å². The fourth-order valence-electron chi connectivity index (χ4n) is 2.52. The highest BCUT2D eigenvalue weighted by molar-refractivity contribution is 5.73. The van der Waals surface area contributed by atoms with Gasteiger partial charge in [0.2, 0.25) is 0 Å². The van der Waals surface area contributed by atoms with E-state index in [1.54, 1.807) is 27.0 Å². The lowest BCUT2D eigenvalue weighted by Gasteiger charge is -2.08. The number of imidazole rings is 1. The molecule has 0 radical (unpaired) electrons. The van der Waals surface area contributed by atoms with Gasteiger partial charge in [-0.2, -0.15) is 5.10 Å². The standard InChI is InChI=1S/C15H12F2N6.C5H10O2/c16-15(17)10-1-2-14-19-7-13(23(14)22-10)12-5-11(20-8-21-12)9-3-4-18-6-9;1-5(2,3)4(6)7/h1-3,5,7-8,15,18H,4,6H2;1-3H3,(H,6,7). The first kappa shape index (κ1) is 21.4. The highest BCUT2D eigenvalue weighted by Gasteiger charge is 2.19. The van der Waals surface area contributed by atoms with Crippen LogP contribution >= 0.6 is 0 Å². The summed E-state index contributed by atoms with van der Waals surface area (Å²) in [5.41, 5.74) is 2.65. The third-order valence-electron chi connectivity index (χ3n) is 4.31. The van der Waals surface area contributed by atoms with Crippen LogP contribution in [0, 0.1) is 5.41 Å². The molecule has 30 heavy (non-hydrogen) atoms. The Bertz CT molecular complexity index is 1090. The topological polar surface area (TPSA) is 105 Å². The number of aliphatic carboxylic acids is 1. The van der Waals surface area contributed by atoms with Crippen molar-refractivity contribution in [3.63, 3.8) is 0 Å². The molecule has 10 heteroatoms. The van der Waals surface area contributed by atoms with Crippen LogP contribution in [-0.4, -0.2) is 48.7 Å². The number of carbonyl (C=O) groups is 1. The molecule has 0 atom stereocenters. The predicted octanol–water partition coefficient (Wildman–Crippen LogP) is 3.23. The molecule has 1 aliphatic heterocycles. The minimum atomic E-state index is -2.63. The first-order valence-corrected chi connectivity index (χ1v) is 9.25. The smallest absolute Gasteiger partial charge is 0.308 e. The monoisotopic (exact) mass is 416 g/mol. The summed E-state index contributed by atoms with van der Waals surface area (Å²) < 4.78 is 27.1. The van der Waals surface area contributed by atoms with E-state index in [0.717, 1.165) is 24.4 Å². The fourth-order valence-corrected chi connectivity index (χ4v) is 2.52. The molecular weight excluding hydrogens is 394 g/mol. The van der Waals surface area contributed by atoms with E-state index in [9.17, 15) is 13.6 Å². The summed E-state index contributed by atoms with van der Waals surface area (Å²) in [6.07, 6.45) is 2.46. The van der Waals surface area contributed by atoms with E-state index < -0.39 is 17.8 Å². The molecule has 2 N–H and O–H groups in total. The Kier molecular flexibility index (Phi) is 6.16. The summed E-state index contributed by atoms with van der Waals surface area (Å²) in [5, 5.41) is 15.4. The quantitative estimate of drug-likeness (QED) is 0.675. The van der Waals surface area contributed by atoms with Crippen LogP contribution in [0.4, 0.5) is 8.78 Å². The SMILES string of the molecule is CC(C)(C)C(=O)O.FC(F)c1ccc2ncc(-c3cc(C4=CCNC4)ncn3)n2n1. The first-order chi connectivity index (χ1) is 14.2. The van der Waals surface area contributed by atoms with Gasteiger partial charge in [-0.05, 0) is 44.5 Å². The molecule has 3 aromatic heterocycles. The molecule has 0 bridgehead atoms. The number of hydrogen-bond acceptors (Lipinski definition) is 6. The van der Waals surface area contributed by atoms with E-state index >= 15 is 0 Å². The molecule has 4 heterocycles. The zero-order valence-corrected chi connectivity index (χ0v) is 16.8. The summed E-state index contributed by atoms with van der Waals surface area (Å²) in [6, 6.07) is 4.61. The van der Waals surface area contributed by atoms with E-state index in [0.29, 0.717) is 17.0 Å². The van der Waals surface area contributed by atoms with E-state index in [-0.39, 0.29) is 5.69 Å². The van der Waals surface area contributed by atoms with Crippen LogP contribution < -0.4 is 5.32 Å². The number of alkyl halides is 2. The second-order valence-electron chi connectivity index (χ2n) is 7.68. The summed E-state index contributed by atoms with van der Waals surface area (Å²) in [5.74, 6) is -0.757. The van der Waals surface area contributed by atoms with Gasteiger partial charge in [0.05, 0.1) is 23.0 Å². The maximum absolute atomic E-state index is 12.9. The third kappa shape index (κ3) is 4.82. The Hall–Kier alpha value is -3.27. The number of aromatic nitrogens is 5. The zero-order chi connectivity index (χ0) is 21.9. The lowest BCUT2D eigenvalue weighted by Crippen LogP contribution is -2.18. The number of nitrogens with one attached hydrogen (secondary N) is 1. The number of nitrogens with zero attached hydrogens (tertiary/aromatic N) is 5. The molecule has 0 saturated heterocycles. The number of rotatable bonds is 3. The summed E-state index contributed by atoms with van der Waals surface area (Å²) in [4.78, 5) is 22.7. The van der Waals surface area contributed by atoms with Gasteiger partial charge in [-0.25, -0.2) is 28.2 Å². The largest absolute Gasteiger partial charge is 0.481 e. The maximum Gasteiger partial charge on any atom is 0.308 e. The molecule has 4 rings (SSSR count). The molecular formula is C20H22F2N6O2. The van der Waals surface area contributed by atoms with Gasteiger partial charge in [0.1, 0.15) is 17.7 Å². The van der Waals surface area contributed by atoms with Gasteiger partial charge < -0.3 is 10.4 Å². The highest BCUT2D eigenvalue weighted by atomic mass is 19.3. The molecule has 3 aromatic rings. The van der Waals surface area contributed by atoms with Gasteiger partial charge in [-0.15, -0.1) is 0 Å². The average molecular weight is 416 g/mol. The third-order valence-corrected chi connectivity index (χ3v) is 4.31. The van der Waals surface area contributed by atoms with Crippen molar-refractivity contribution < 1.29 is 18.7 Å². The van der Waals surface area contributed by atoms with E-state index in [1.807, 2.05) is 6.07 Å². The lowest BCUT2D eigenvalue weighted by molar-refractivity contribution is -0.145. The van der Waals surface area contributed by atoms with Crippen LogP contribution in [0.25, 0.3) is 22.6 Å². The maximum atomic E-state index is 12.9. The Morgan fingerprint density at radius 3 is 2.50 bits per heavy atom. The molecule has 0 aromatic carbocycles. The van der Waals surface area contributed by atoms with Crippen LogP contribution in [-0.2, 0) is 4.79 Å². The number of fused-ring (bicyclic) bond motifs is 1. The normalized spacial score (nSPS) is 13.9. The molecule has 0 amide bonds. The predicted molar refractivity (Wildman–Crippen MR) is 107 cm³/mol. The number of carboxylic acid groups (broad SMARTS) is 1. The van der Waals surface area contributed by atoms with Crippen LogP contribution in [0.3, 0.4) is 0 Å². The fraction of sp³-hybridized carbons (Fsp3) is 0.350. The molecule has 8 nitrogen and oxygen atoms in total. The molecule has 0 fully saturated rings. The summed E-state index contributed by atoms with van der Waals surface area (Å²) in [6.45, 7) is 6.54. The first-order valence-electron chi connectivity index (χ1n) is 9.25. The lowest BCUT2D eigenvalue weighted by atomic mass is 9.98. The number of halogens is 2. The van der Waals surface area contributed by atoms with Crippen molar-refractivity contribution in [3.05, 3.63) is 48.2 Å². The van der Waals surface area contributed by atoms with Crippen LogP contribution in [0.1, 0.15) is 38.6 Å². The van der Waals surface area contributed by atoms with Gasteiger partial charge in [-0.3, -0.25) is 4.79 Å². The second kappa shape index (κ2) is 8.62. The van der Waals surface area contributed by atoms with Crippen LogP contribution in [0.2, 0.25) is 0 Å². The van der Waals surface area contributed by atoms with Gasteiger partial charge in [-0.1, -0.05) is 6.08 Å². The Balaban J connectivity index is 0.000000318. The zero-order valence-electron chi connectivity index (χ0n) is 16.8. The van der Waals surface area contributed by atoms with Crippen molar-refractivity contribution in [2.75, 3.05) is 13.1 Å². The van der Waals surface area contributed by atoms with E-state index in [4.69, 9.17) is 5.11 Å². The van der Waals surface area contributed by atoms with Gasteiger partial charge >= 0.3 is 5.97 Å². The summed E-state index contributed by atoms with van der Waals surface area (Å²) >= 11 is 0. The van der Waals surface area contributed by atoms with Crippen LogP contribution in [0.5, 0.6) is 0 Å². The van der Waals surface area contributed by atoms with Gasteiger partial charge in [0.15, 0.2) is 5.65 Å². The Labute approximate surface area is 171 Å². The summed E-state index contributed by atoms with van der Waals surface area (Å²) in [7, 11) is 0.